The van der Waals surface area contributed by atoms with Gasteiger partial charge in [0.2, 0.25) is 0 Å². The number of benzene rings is 1. The van der Waals surface area contributed by atoms with Crippen LogP contribution in [-0.4, -0.2) is 18.2 Å². The Labute approximate surface area is 133 Å². The summed E-state index contributed by atoms with van der Waals surface area (Å²) >= 11 is 0. The quantitative estimate of drug-likeness (QED) is 0.606. The average molecular weight is 302 g/mol. The SMILES string of the molecule is C=C[C@@H]1C[C@H](OCc2ccccc2)C[C@H]1OC(=O)C(C)(C)C. The summed E-state index contributed by atoms with van der Waals surface area (Å²) in [6.07, 6.45) is 3.47. The third kappa shape index (κ3) is 4.44. The van der Waals surface area contributed by atoms with Crippen LogP contribution in [0.3, 0.4) is 0 Å². The highest BCUT2D eigenvalue weighted by atomic mass is 16.5. The predicted molar refractivity (Wildman–Crippen MR) is 87.3 cm³/mol. The number of esters is 1. The first-order chi connectivity index (χ1) is 10.4. The minimum absolute atomic E-state index is 0.112. The minimum atomic E-state index is -0.477. The van der Waals surface area contributed by atoms with Crippen molar-refractivity contribution in [2.24, 2.45) is 11.3 Å². The van der Waals surface area contributed by atoms with Crippen LogP contribution in [0.5, 0.6) is 0 Å². The van der Waals surface area contributed by atoms with Crippen molar-refractivity contribution >= 4 is 5.97 Å². The summed E-state index contributed by atoms with van der Waals surface area (Å²) in [6.45, 7) is 10.1. The molecule has 3 atom stereocenters. The second kappa shape index (κ2) is 7.10. The summed E-state index contributed by atoms with van der Waals surface area (Å²) in [6, 6.07) is 10.1. The Morgan fingerprint density at radius 3 is 2.55 bits per heavy atom. The molecule has 1 aromatic rings. The molecule has 22 heavy (non-hydrogen) atoms. The van der Waals surface area contributed by atoms with Crippen molar-refractivity contribution in [2.75, 3.05) is 0 Å². The van der Waals surface area contributed by atoms with Gasteiger partial charge in [0.25, 0.3) is 0 Å². The van der Waals surface area contributed by atoms with Gasteiger partial charge in [0.15, 0.2) is 0 Å². The van der Waals surface area contributed by atoms with Gasteiger partial charge in [-0.05, 0) is 32.8 Å². The van der Waals surface area contributed by atoms with E-state index in [1.165, 1.54) is 0 Å². The Hall–Kier alpha value is -1.61. The molecule has 1 saturated carbocycles. The average Bonchev–Trinajstić information content (AvgIpc) is 2.87. The molecule has 3 heteroatoms. The van der Waals surface area contributed by atoms with Crippen molar-refractivity contribution in [3.05, 3.63) is 48.6 Å². The zero-order valence-corrected chi connectivity index (χ0v) is 13.7. The van der Waals surface area contributed by atoms with E-state index in [-0.39, 0.29) is 24.1 Å². The van der Waals surface area contributed by atoms with E-state index >= 15 is 0 Å². The van der Waals surface area contributed by atoms with Gasteiger partial charge < -0.3 is 9.47 Å². The molecule has 1 aliphatic rings. The third-order valence-electron chi connectivity index (χ3n) is 4.01. The maximum Gasteiger partial charge on any atom is 0.311 e. The van der Waals surface area contributed by atoms with Crippen molar-refractivity contribution in [3.8, 4) is 0 Å². The van der Waals surface area contributed by atoms with Gasteiger partial charge in [-0.3, -0.25) is 4.79 Å². The van der Waals surface area contributed by atoms with Gasteiger partial charge in [0.1, 0.15) is 6.10 Å². The number of ether oxygens (including phenoxy) is 2. The highest BCUT2D eigenvalue weighted by Crippen LogP contribution is 2.33. The molecular formula is C19H26O3. The lowest BCUT2D eigenvalue weighted by atomic mass is 9.97. The van der Waals surface area contributed by atoms with Crippen LogP contribution in [0.2, 0.25) is 0 Å². The fourth-order valence-electron chi connectivity index (χ4n) is 2.61. The van der Waals surface area contributed by atoms with Crippen LogP contribution in [0.1, 0.15) is 39.2 Å². The molecule has 0 bridgehead atoms. The molecule has 0 spiro atoms. The smallest absolute Gasteiger partial charge is 0.311 e. The van der Waals surface area contributed by atoms with E-state index in [1.807, 2.05) is 45.0 Å². The van der Waals surface area contributed by atoms with Gasteiger partial charge >= 0.3 is 5.97 Å². The van der Waals surface area contributed by atoms with Gasteiger partial charge in [-0.25, -0.2) is 0 Å². The lowest BCUT2D eigenvalue weighted by Crippen LogP contribution is -2.29. The Bertz CT molecular complexity index is 501. The normalized spacial score (nSPS) is 25.0. The zero-order chi connectivity index (χ0) is 16.2. The molecular weight excluding hydrogens is 276 g/mol. The van der Waals surface area contributed by atoms with Crippen LogP contribution in [0.25, 0.3) is 0 Å². The van der Waals surface area contributed by atoms with Gasteiger partial charge in [-0.15, -0.1) is 6.58 Å². The molecule has 3 nitrogen and oxygen atoms in total. The molecule has 0 aliphatic heterocycles. The highest BCUT2D eigenvalue weighted by Gasteiger charge is 2.37. The first-order valence-electron chi connectivity index (χ1n) is 7.89. The molecule has 1 fully saturated rings. The van der Waals surface area contributed by atoms with E-state index in [4.69, 9.17) is 9.47 Å². The fourth-order valence-corrected chi connectivity index (χ4v) is 2.61. The Kier molecular flexibility index (Phi) is 5.41. The molecule has 0 aromatic heterocycles. The standard InChI is InChI=1S/C19H26O3/c1-5-15-11-16(21-13-14-9-7-6-8-10-14)12-17(15)22-18(20)19(2,3)4/h5-10,15-17H,1,11-13H2,2-4H3/t15-,16+,17-/m1/s1. The highest BCUT2D eigenvalue weighted by molar-refractivity contribution is 5.75. The zero-order valence-electron chi connectivity index (χ0n) is 13.7. The molecule has 0 amide bonds. The number of rotatable bonds is 5. The van der Waals surface area contributed by atoms with Gasteiger partial charge in [-0.1, -0.05) is 36.4 Å². The molecule has 1 aromatic carbocycles. The molecule has 0 radical (unpaired) electrons. The summed E-state index contributed by atoms with van der Waals surface area (Å²) in [4.78, 5) is 12.1. The minimum Gasteiger partial charge on any atom is -0.461 e. The number of carbonyl (C=O) groups is 1. The summed E-state index contributed by atoms with van der Waals surface area (Å²) in [5, 5.41) is 0. The molecule has 2 rings (SSSR count). The van der Waals surface area contributed by atoms with E-state index in [9.17, 15) is 4.79 Å². The Morgan fingerprint density at radius 2 is 1.95 bits per heavy atom. The molecule has 1 aliphatic carbocycles. The Morgan fingerprint density at radius 1 is 1.27 bits per heavy atom. The lowest BCUT2D eigenvalue weighted by molar-refractivity contribution is -0.159. The number of hydrogen-bond acceptors (Lipinski definition) is 3. The number of hydrogen-bond donors (Lipinski definition) is 0. The predicted octanol–water partition coefficient (Wildman–Crippen LogP) is 4.13. The Balaban J connectivity index is 1.89. The van der Waals surface area contributed by atoms with Crippen LogP contribution in [0, 0.1) is 11.3 Å². The lowest BCUT2D eigenvalue weighted by Gasteiger charge is -2.23. The van der Waals surface area contributed by atoms with E-state index in [1.54, 1.807) is 0 Å². The van der Waals surface area contributed by atoms with Crippen LogP contribution in [-0.2, 0) is 20.9 Å². The van der Waals surface area contributed by atoms with Crippen molar-refractivity contribution in [3.63, 3.8) is 0 Å². The van der Waals surface area contributed by atoms with Crippen molar-refractivity contribution in [1.82, 2.24) is 0 Å². The van der Waals surface area contributed by atoms with Crippen LogP contribution in [0.4, 0.5) is 0 Å². The van der Waals surface area contributed by atoms with E-state index < -0.39 is 5.41 Å². The van der Waals surface area contributed by atoms with Crippen molar-refractivity contribution in [2.45, 2.75) is 52.4 Å². The molecule has 0 heterocycles. The van der Waals surface area contributed by atoms with Crippen molar-refractivity contribution in [1.29, 1.82) is 0 Å². The van der Waals surface area contributed by atoms with Gasteiger partial charge in [0.05, 0.1) is 18.1 Å². The summed E-state index contributed by atoms with van der Waals surface area (Å²) in [5.41, 5.74) is 0.683. The molecule has 0 unspecified atom stereocenters. The summed E-state index contributed by atoms with van der Waals surface area (Å²) in [5.74, 6) is 0.0140. The van der Waals surface area contributed by atoms with Crippen LogP contribution < -0.4 is 0 Å². The first-order valence-corrected chi connectivity index (χ1v) is 7.89. The fraction of sp³-hybridized carbons (Fsp3) is 0.526. The largest absolute Gasteiger partial charge is 0.461 e. The second-order valence-corrected chi connectivity index (χ2v) is 6.98. The maximum atomic E-state index is 12.1. The summed E-state index contributed by atoms with van der Waals surface area (Å²) in [7, 11) is 0. The van der Waals surface area contributed by atoms with E-state index in [2.05, 4.69) is 18.7 Å². The molecule has 0 saturated heterocycles. The second-order valence-electron chi connectivity index (χ2n) is 6.98. The van der Waals surface area contributed by atoms with E-state index in [0.29, 0.717) is 6.61 Å². The maximum absolute atomic E-state index is 12.1. The molecule has 120 valence electrons. The van der Waals surface area contributed by atoms with E-state index in [0.717, 1.165) is 18.4 Å². The summed E-state index contributed by atoms with van der Waals surface area (Å²) < 4.78 is 11.7. The van der Waals surface area contributed by atoms with Crippen LogP contribution in [0.15, 0.2) is 43.0 Å². The van der Waals surface area contributed by atoms with Crippen molar-refractivity contribution < 1.29 is 14.3 Å². The third-order valence-corrected chi connectivity index (χ3v) is 4.01. The number of carbonyl (C=O) groups excluding carboxylic acids is 1. The van der Waals surface area contributed by atoms with Crippen LogP contribution >= 0.6 is 0 Å². The topological polar surface area (TPSA) is 35.5 Å². The molecule has 0 N–H and O–H groups in total. The first kappa shape index (κ1) is 16.8. The monoisotopic (exact) mass is 302 g/mol. The van der Waals surface area contributed by atoms with Gasteiger partial charge in [-0.2, -0.15) is 0 Å². The van der Waals surface area contributed by atoms with Gasteiger partial charge in [0, 0.05) is 12.3 Å².